The first-order valence-electron chi connectivity index (χ1n) is 8.07. The molecule has 1 saturated heterocycles. The number of nitrogens with one attached hydrogen (secondary N) is 1. The predicted molar refractivity (Wildman–Crippen MR) is 92.0 cm³/mol. The van der Waals surface area contributed by atoms with Crippen LogP contribution in [-0.2, 0) is 4.79 Å². The molecule has 1 aliphatic heterocycles. The first kappa shape index (κ1) is 16.1. The van der Waals surface area contributed by atoms with Crippen molar-refractivity contribution >= 4 is 23.3 Å². The maximum Gasteiger partial charge on any atom is 0.229 e. The van der Waals surface area contributed by atoms with Crippen LogP contribution in [0.15, 0.2) is 42.7 Å². The van der Waals surface area contributed by atoms with Crippen molar-refractivity contribution < 1.29 is 9.59 Å². The molecule has 1 N–H and O–H groups in total. The Labute approximate surface area is 140 Å². The van der Waals surface area contributed by atoms with Gasteiger partial charge in [0.05, 0.1) is 5.92 Å². The van der Waals surface area contributed by atoms with Gasteiger partial charge in [0.2, 0.25) is 11.9 Å². The molecular formula is C18H20N4O2. The summed E-state index contributed by atoms with van der Waals surface area (Å²) in [6.07, 6.45) is 5.17. The fourth-order valence-corrected chi connectivity index (χ4v) is 2.89. The second-order valence-electron chi connectivity index (χ2n) is 5.96. The number of nitrogens with zero attached hydrogens (tertiary/aromatic N) is 3. The number of carbonyl (C=O) groups is 2. The van der Waals surface area contributed by atoms with Gasteiger partial charge >= 0.3 is 0 Å². The molecule has 1 aromatic heterocycles. The molecule has 24 heavy (non-hydrogen) atoms. The number of amides is 1. The second-order valence-corrected chi connectivity index (χ2v) is 5.96. The van der Waals surface area contributed by atoms with Crippen LogP contribution < -0.4 is 10.2 Å². The minimum Gasteiger partial charge on any atom is -0.340 e. The molecule has 6 nitrogen and oxygen atoms in total. The summed E-state index contributed by atoms with van der Waals surface area (Å²) in [5, 5.41) is 2.92. The van der Waals surface area contributed by atoms with Crippen molar-refractivity contribution in [3.63, 3.8) is 0 Å². The highest BCUT2D eigenvalue weighted by Gasteiger charge is 2.27. The zero-order valence-electron chi connectivity index (χ0n) is 13.6. The summed E-state index contributed by atoms with van der Waals surface area (Å²) in [6, 6.07) is 8.80. The van der Waals surface area contributed by atoms with Crippen molar-refractivity contribution in [3.8, 4) is 0 Å². The molecule has 1 atom stereocenters. The monoisotopic (exact) mass is 324 g/mol. The Balaban J connectivity index is 1.66. The summed E-state index contributed by atoms with van der Waals surface area (Å²) in [6.45, 7) is 2.97. The standard InChI is InChI=1S/C18H20N4O2/c1-13(23)14-5-2-7-16(11-14)21-17(24)15-6-3-10-22(12-15)18-19-8-4-9-20-18/h2,4-5,7-9,11,15H,3,6,10,12H2,1H3,(H,21,24). The molecule has 0 spiro atoms. The summed E-state index contributed by atoms with van der Waals surface area (Å²) in [5.74, 6) is 0.490. The second kappa shape index (κ2) is 7.21. The van der Waals surface area contributed by atoms with Gasteiger partial charge in [0.15, 0.2) is 5.78 Å². The van der Waals surface area contributed by atoms with Gasteiger partial charge in [0, 0.05) is 36.7 Å². The number of rotatable bonds is 4. The number of carbonyl (C=O) groups excluding carboxylic acids is 2. The predicted octanol–water partition coefficient (Wildman–Crippen LogP) is 2.53. The van der Waals surface area contributed by atoms with Crippen LogP contribution in [0.4, 0.5) is 11.6 Å². The third-order valence-corrected chi connectivity index (χ3v) is 4.16. The number of aromatic nitrogens is 2. The van der Waals surface area contributed by atoms with Gasteiger partial charge in [-0.25, -0.2) is 9.97 Å². The topological polar surface area (TPSA) is 75.2 Å². The smallest absolute Gasteiger partial charge is 0.229 e. The van der Waals surface area contributed by atoms with E-state index in [1.807, 2.05) is 4.90 Å². The van der Waals surface area contributed by atoms with Gasteiger partial charge in [-0.2, -0.15) is 0 Å². The number of ketones is 1. The summed E-state index contributed by atoms with van der Waals surface area (Å²) < 4.78 is 0. The van der Waals surface area contributed by atoms with Gasteiger partial charge in [-0.15, -0.1) is 0 Å². The molecular weight excluding hydrogens is 304 g/mol. The van der Waals surface area contributed by atoms with E-state index in [4.69, 9.17) is 0 Å². The van der Waals surface area contributed by atoms with Gasteiger partial charge in [-0.1, -0.05) is 12.1 Å². The third-order valence-electron chi connectivity index (χ3n) is 4.16. The molecule has 0 aliphatic carbocycles. The van der Waals surface area contributed by atoms with Gasteiger partial charge in [0.25, 0.3) is 0 Å². The molecule has 1 unspecified atom stereocenters. The van der Waals surface area contributed by atoms with E-state index in [1.165, 1.54) is 6.92 Å². The van der Waals surface area contributed by atoms with Gasteiger partial charge < -0.3 is 10.2 Å². The maximum atomic E-state index is 12.6. The van der Waals surface area contributed by atoms with Crippen LogP contribution in [0.25, 0.3) is 0 Å². The van der Waals surface area contributed by atoms with E-state index >= 15 is 0 Å². The summed E-state index contributed by atoms with van der Waals surface area (Å²) >= 11 is 0. The van der Waals surface area contributed by atoms with E-state index in [0.29, 0.717) is 23.7 Å². The van der Waals surface area contributed by atoms with E-state index in [2.05, 4.69) is 15.3 Å². The van der Waals surface area contributed by atoms with E-state index in [-0.39, 0.29) is 17.6 Å². The van der Waals surface area contributed by atoms with Crippen molar-refractivity contribution in [2.45, 2.75) is 19.8 Å². The van der Waals surface area contributed by atoms with Crippen LogP contribution in [0.2, 0.25) is 0 Å². The lowest BCUT2D eigenvalue weighted by Crippen LogP contribution is -2.41. The van der Waals surface area contributed by atoms with Crippen molar-refractivity contribution in [1.82, 2.24) is 9.97 Å². The van der Waals surface area contributed by atoms with E-state index < -0.39 is 0 Å². The van der Waals surface area contributed by atoms with Crippen molar-refractivity contribution in [2.24, 2.45) is 5.92 Å². The number of piperidine rings is 1. The van der Waals surface area contributed by atoms with Gasteiger partial charge in [-0.05, 0) is 38.0 Å². The van der Waals surface area contributed by atoms with Gasteiger partial charge in [0.1, 0.15) is 0 Å². The average Bonchev–Trinajstić information content (AvgIpc) is 2.63. The Kier molecular flexibility index (Phi) is 4.84. The average molecular weight is 324 g/mol. The molecule has 0 radical (unpaired) electrons. The lowest BCUT2D eigenvalue weighted by Gasteiger charge is -2.31. The van der Waals surface area contributed by atoms with Crippen LogP contribution in [0.5, 0.6) is 0 Å². The van der Waals surface area contributed by atoms with Crippen molar-refractivity contribution in [2.75, 3.05) is 23.3 Å². The fourth-order valence-electron chi connectivity index (χ4n) is 2.89. The fraction of sp³-hybridized carbons (Fsp3) is 0.333. The molecule has 1 aromatic carbocycles. The summed E-state index contributed by atoms with van der Waals surface area (Å²) in [4.78, 5) is 34.6. The Bertz CT molecular complexity index is 733. The largest absolute Gasteiger partial charge is 0.340 e. The molecule has 1 amide bonds. The minimum atomic E-state index is -0.122. The molecule has 6 heteroatoms. The number of hydrogen-bond acceptors (Lipinski definition) is 5. The number of benzene rings is 1. The minimum absolute atomic E-state index is 0.0174. The van der Waals surface area contributed by atoms with Crippen LogP contribution in [0.1, 0.15) is 30.1 Å². The van der Waals surface area contributed by atoms with Crippen LogP contribution in [-0.4, -0.2) is 34.7 Å². The Morgan fingerprint density at radius 3 is 2.75 bits per heavy atom. The Morgan fingerprint density at radius 2 is 2.00 bits per heavy atom. The number of Topliss-reactive ketones (excluding diaryl/α,β-unsaturated/α-hetero) is 1. The lowest BCUT2D eigenvalue weighted by molar-refractivity contribution is -0.120. The SMILES string of the molecule is CC(=O)c1cccc(NC(=O)C2CCCN(c3ncccn3)C2)c1. The molecule has 0 saturated carbocycles. The van der Waals surface area contributed by atoms with E-state index in [1.54, 1.807) is 42.7 Å². The van der Waals surface area contributed by atoms with E-state index in [9.17, 15) is 9.59 Å². The zero-order chi connectivity index (χ0) is 16.9. The molecule has 1 fully saturated rings. The molecule has 2 aromatic rings. The molecule has 3 rings (SSSR count). The highest BCUT2D eigenvalue weighted by Crippen LogP contribution is 2.22. The quantitative estimate of drug-likeness (QED) is 0.875. The van der Waals surface area contributed by atoms with Gasteiger partial charge in [-0.3, -0.25) is 9.59 Å². The highest BCUT2D eigenvalue weighted by molar-refractivity contribution is 5.97. The molecule has 124 valence electrons. The molecule has 1 aliphatic rings. The van der Waals surface area contributed by atoms with Crippen molar-refractivity contribution in [1.29, 1.82) is 0 Å². The summed E-state index contributed by atoms with van der Waals surface area (Å²) in [7, 11) is 0. The number of hydrogen-bond donors (Lipinski definition) is 1. The van der Waals surface area contributed by atoms with Crippen LogP contribution in [0.3, 0.4) is 0 Å². The first-order chi connectivity index (χ1) is 11.6. The van der Waals surface area contributed by atoms with Crippen LogP contribution >= 0.6 is 0 Å². The lowest BCUT2D eigenvalue weighted by atomic mass is 9.97. The Morgan fingerprint density at radius 1 is 1.21 bits per heavy atom. The van der Waals surface area contributed by atoms with Crippen molar-refractivity contribution in [3.05, 3.63) is 48.3 Å². The summed E-state index contributed by atoms with van der Waals surface area (Å²) in [5.41, 5.74) is 1.25. The normalized spacial score (nSPS) is 17.4. The van der Waals surface area contributed by atoms with Crippen LogP contribution in [0, 0.1) is 5.92 Å². The third kappa shape index (κ3) is 3.76. The maximum absolute atomic E-state index is 12.6. The molecule has 2 heterocycles. The zero-order valence-corrected chi connectivity index (χ0v) is 13.6. The van der Waals surface area contributed by atoms with E-state index in [0.717, 1.165) is 19.4 Å². The molecule has 0 bridgehead atoms. The first-order valence-corrected chi connectivity index (χ1v) is 8.07. The Hall–Kier alpha value is -2.76. The number of anilines is 2. The highest BCUT2D eigenvalue weighted by atomic mass is 16.2.